The lowest BCUT2D eigenvalue weighted by molar-refractivity contribution is -0.0453. The molecule has 0 amide bonds. The van der Waals surface area contributed by atoms with Crippen LogP contribution < -0.4 is 0 Å². The molecule has 0 aliphatic heterocycles. The normalized spacial score (nSPS) is 41.5. The van der Waals surface area contributed by atoms with Crippen LogP contribution in [0.4, 0.5) is 0 Å². The molecule has 0 radical (unpaired) electrons. The first-order valence-electron chi connectivity index (χ1n) is 14.1. The van der Waals surface area contributed by atoms with Crippen molar-refractivity contribution < 1.29 is 0 Å². The highest BCUT2D eigenvalue weighted by atomic mass is 14.6. The standard InChI is InChI=1S/C32H48/c1-22(2)9-8-10-23(3)28-15-16-29-27-14-13-26-21-25(24-11-6-7-12-24)17-19-31(26,4)30(27)18-20-32(28,29)5/h6-7,11,13,21-23,27-30H,8-10,12,14-20H2,1-5H3/t23-,27+,28-,29+,30+,31+,32-/m1/s1. The van der Waals surface area contributed by atoms with Crippen molar-refractivity contribution in [1.29, 1.82) is 0 Å². The topological polar surface area (TPSA) is 0 Å². The van der Waals surface area contributed by atoms with E-state index in [2.05, 4.69) is 65.0 Å². The molecular weight excluding hydrogens is 384 g/mol. The molecule has 0 bridgehead atoms. The Balaban J connectivity index is 1.33. The summed E-state index contributed by atoms with van der Waals surface area (Å²) in [5.74, 6) is 5.58. The molecular formula is C32H48. The molecule has 2 fully saturated rings. The zero-order valence-corrected chi connectivity index (χ0v) is 21.6. The molecule has 0 saturated heterocycles. The Kier molecular flexibility index (Phi) is 6.13. The van der Waals surface area contributed by atoms with Gasteiger partial charge in [0.15, 0.2) is 0 Å². The summed E-state index contributed by atoms with van der Waals surface area (Å²) < 4.78 is 0. The van der Waals surface area contributed by atoms with Crippen LogP contribution in [0, 0.1) is 46.3 Å². The van der Waals surface area contributed by atoms with Crippen molar-refractivity contribution >= 4 is 0 Å². The van der Waals surface area contributed by atoms with E-state index < -0.39 is 0 Å². The number of rotatable bonds is 6. The summed E-state index contributed by atoms with van der Waals surface area (Å²) in [6, 6.07) is 0. The van der Waals surface area contributed by atoms with Gasteiger partial charge in [0, 0.05) is 0 Å². The van der Waals surface area contributed by atoms with Gasteiger partial charge < -0.3 is 0 Å². The Morgan fingerprint density at radius 1 is 0.969 bits per heavy atom. The molecule has 5 aliphatic carbocycles. The van der Waals surface area contributed by atoms with E-state index >= 15 is 0 Å². The van der Waals surface area contributed by atoms with Crippen LogP contribution in [-0.2, 0) is 0 Å². The quantitative estimate of drug-likeness (QED) is 0.392. The minimum absolute atomic E-state index is 0.432. The smallest absolute Gasteiger partial charge is 0.00441 e. The molecule has 176 valence electrons. The van der Waals surface area contributed by atoms with E-state index in [9.17, 15) is 0 Å². The Morgan fingerprint density at radius 3 is 2.56 bits per heavy atom. The maximum atomic E-state index is 2.73. The van der Waals surface area contributed by atoms with Gasteiger partial charge in [-0.3, -0.25) is 0 Å². The highest BCUT2D eigenvalue weighted by Crippen LogP contribution is 2.67. The fourth-order valence-electron chi connectivity index (χ4n) is 9.29. The van der Waals surface area contributed by atoms with E-state index in [4.69, 9.17) is 0 Å². The summed E-state index contributed by atoms with van der Waals surface area (Å²) in [5, 5.41) is 0. The van der Waals surface area contributed by atoms with Crippen LogP contribution in [0.1, 0.15) is 105 Å². The van der Waals surface area contributed by atoms with Gasteiger partial charge >= 0.3 is 0 Å². The summed E-state index contributed by atoms with van der Waals surface area (Å²) >= 11 is 0. The van der Waals surface area contributed by atoms with Crippen molar-refractivity contribution in [2.75, 3.05) is 0 Å². The van der Waals surface area contributed by atoms with Gasteiger partial charge in [-0.25, -0.2) is 0 Å². The molecule has 32 heavy (non-hydrogen) atoms. The third-order valence-corrected chi connectivity index (χ3v) is 11.2. The van der Waals surface area contributed by atoms with Crippen LogP contribution in [0.25, 0.3) is 0 Å². The molecule has 0 nitrogen and oxygen atoms in total. The molecule has 0 spiro atoms. The first kappa shape index (κ1) is 22.7. The summed E-state index contributed by atoms with van der Waals surface area (Å²) in [4.78, 5) is 0. The van der Waals surface area contributed by atoms with Crippen LogP contribution in [0.2, 0.25) is 0 Å². The maximum absolute atomic E-state index is 2.73. The van der Waals surface area contributed by atoms with Crippen LogP contribution in [0.5, 0.6) is 0 Å². The largest absolute Gasteiger partial charge is 0.0804 e. The number of allylic oxidation sites excluding steroid dienone is 8. The Morgan fingerprint density at radius 2 is 1.81 bits per heavy atom. The lowest BCUT2D eigenvalue weighted by Gasteiger charge is -2.57. The molecule has 0 unspecified atom stereocenters. The molecule has 5 rings (SSSR count). The second kappa shape index (κ2) is 8.63. The monoisotopic (exact) mass is 432 g/mol. The van der Waals surface area contributed by atoms with Crippen molar-refractivity contribution in [1.82, 2.24) is 0 Å². The predicted octanol–water partition coefficient (Wildman–Crippen LogP) is 9.45. The predicted molar refractivity (Wildman–Crippen MR) is 138 cm³/mol. The number of hydrogen-bond donors (Lipinski definition) is 0. The average Bonchev–Trinajstić information content (AvgIpc) is 3.40. The molecule has 5 aliphatic rings. The number of fused-ring (bicyclic) bond motifs is 5. The minimum Gasteiger partial charge on any atom is -0.0804 e. The van der Waals surface area contributed by atoms with Gasteiger partial charge in [0.05, 0.1) is 0 Å². The summed E-state index contributed by atoms with van der Waals surface area (Å²) in [5.41, 5.74) is 5.95. The van der Waals surface area contributed by atoms with Crippen molar-refractivity contribution in [3.63, 3.8) is 0 Å². The minimum atomic E-state index is 0.432. The third kappa shape index (κ3) is 3.73. The zero-order valence-electron chi connectivity index (χ0n) is 21.6. The second-order valence-corrected chi connectivity index (χ2v) is 13.2. The molecule has 0 heteroatoms. The molecule has 7 atom stereocenters. The first-order chi connectivity index (χ1) is 15.3. The fourth-order valence-corrected chi connectivity index (χ4v) is 9.29. The zero-order chi connectivity index (χ0) is 22.5. The van der Waals surface area contributed by atoms with Gasteiger partial charge in [-0.2, -0.15) is 0 Å². The van der Waals surface area contributed by atoms with Crippen molar-refractivity contribution in [2.45, 2.75) is 105 Å². The fraction of sp³-hybridized carbons (Fsp3) is 0.750. The molecule has 2 saturated carbocycles. The molecule has 0 aromatic heterocycles. The summed E-state index contributed by atoms with van der Waals surface area (Å²) in [6.45, 7) is 12.7. The van der Waals surface area contributed by atoms with Gasteiger partial charge in [0.2, 0.25) is 0 Å². The summed E-state index contributed by atoms with van der Waals surface area (Å²) in [6.07, 6.45) is 27.7. The number of hydrogen-bond acceptors (Lipinski definition) is 0. The van der Waals surface area contributed by atoms with E-state index in [1.807, 2.05) is 0 Å². The van der Waals surface area contributed by atoms with Gasteiger partial charge in [0.25, 0.3) is 0 Å². The lowest BCUT2D eigenvalue weighted by atomic mass is 9.47. The van der Waals surface area contributed by atoms with E-state index in [1.165, 1.54) is 64.2 Å². The SMILES string of the molecule is CC(C)CCC[C@@H](C)[C@H]1CC[C@H]2[C@@H]3CC=C4C=C(C5=CC=CC5)CC[C@]4(C)[C@H]3CC[C@]12C. The van der Waals surface area contributed by atoms with E-state index in [1.54, 1.807) is 16.7 Å². The Hall–Kier alpha value is -1.04. The third-order valence-electron chi connectivity index (χ3n) is 11.2. The Bertz CT molecular complexity index is 834. The van der Waals surface area contributed by atoms with Gasteiger partial charge in [-0.1, -0.05) is 84.3 Å². The van der Waals surface area contributed by atoms with Crippen molar-refractivity contribution in [3.05, 3.63) is 47.1 Å². The molecule has 0 aromatic rings. The van der Waals surface area contributed by atoms with Crippen molar-refractivity contribution in [3.8, 4) is 0 Å². The Labute approximate surface area is 198 Å². The lowest BCUT2D eigenvalue weighted by Crippen LogP contribution is -2.49. The molecule has 0 heterocycles. The van der Waals surface area contributed by atoms with Crippen LogP contribution in [0.15, 0.2) is 47.1 Å². The van der Waals surface area contributed by atoms with Crippen molar-refractivity contribution in [2.24, 2.45) is 46.3 Å². The average molecular weight is 433 g/mol. The van der Waals surface area contributed by atoms with Gasteiger partial charge in [-0.15, -0.1) is 0 Å². The van der Waals surface area contributed by atoms with Gasteiger partial charge in [-0.05, 0) is 114 Å². The van der Waals surface area contributed by atoms with E-state index in [0.29, 0.717) is 10.8 Å². The summed E-state index contributed by atoms with van der Waals surface area (Å²) in [7, 11) is 0. The molecule has 0 aromatic carbocycles. The van der Waals surface area contributed by atoms with Crippen LogP contribution >= 0.6 is 0 Å². The van der Waals surface area contributed by atoms with Crippen LogP contribution in [-0.4, -0.2) is 0 Å². The second-order valence-electron chi connectivity index (χ2n) is 13.2. The van der Waals surface area contributed by atoms with Crippen LogP contribution in [0.3, 0.4) is 0 Å². The maximum Gasteiger partial charge on any atom is -0.00441 e. The highest BCUT2D eigenvalue weighted by molar-refractivity contribution is 5.47. The molecule has 0 N–H and O–H groups in total. The van der Waals surface area contributed by atoms with E-state index in [-0.39, 0.29) is 0 Å². The first-order valence-corrected chi connectivity index (χ1v) is 14.1. The highest BCUT2D eigenvalue weighted by Gasteiger charge is 2.58. The van der Waals surface area contributed by atoms with Gasteiger partial charge in [0.1, 0.15) is 0 Å². The van der Waals surface area contributed by atoms with E-state index in [0.717, 1.165) is 41.9 Å².